The molecule has 1 aliphatic rings. The lowest BCUT2D eigenvalue weighted by molar-refractivity contribution is -0.117. The lowest BCUT2D eigenvalue weighted by Gasteiger charge is -2.37. The van der Waals surface area contributed by atoms with E-state index in [1.165, 1.54) is 24.8 Å². The normalized spacial score (nSPS) is 15.9. The summed E-state index contributed by atoms with van der Waals surface area (Å²) in [5.74, 6) is -0.427. The van der Waals surface area contributed by atoms with Crippen molar-refractivity contribution in [1.82, 2.24) is 30.6 Å². The molecule has 2 N–H and O–H groups in total. The largest absolute Gasteiger partial charge is 0.381 e. The lowest BCUT2D eigenvalue weighted by Crippen LogP contribution is -2.48. The quantitative estimate of drug-likeness (QED) is 0.626. The number of rotatable bonds is 8. The van der Waals surface area contributed by atoms with Gasteiger partial charge in [0.25, 0.3) is 0 Å². The van der Waals surface area contributed by atoms with Crippen LogP contribution in [0.1, 0.15) is 24.2 Å². The highest BCUT2D eigenvalue weighted by atomic mass is 16.5. The van der Waals surface area contributed by atoms with Crippen LogP contribution in [0.5, 0.6) is 0 Å². The first-order valence-electron chi connectivity index (χ1n) is 9.67. The van der Waals surface area contributed by atoms with Crippen molar-refractivity contribution in [3.63, 3.8) is 0 Å². The van der Waals surface area contributed by atoms with Crippen LogP contribution in [-0.2, 0) is 14.3 Å². The van der Waals surface area contributed by atoms with Gasteiger partial charge in [-0.3, -0.25) is 9.59 Å². The molecule has 1 fully saturated rings. The molecule has 2 aromatic rings. The van der Waals surface area contributed by atoms with E-state index in [9.17, 15) is 9.59 Å². The molecule has 2 aromatic heterocycles. The molecule has 9 nitrogen and oxygen atoms in total. The van der Waals surface area contributed by atoms with E-state index in [1.807, 2.05) is 0 Å². The summed E-state index contributed by atoms with van der Waals surface area (Å²) in [4.78, 5) is 40.2. The first-order chi connectivity index (χ1) is 14.7. The van der Waals surface area contributed by atoms with Crippen LogP contribution < -0.4 is 10.6 Å². The van der Waals surface area contributed by atoms with Crippen molar-refractivity contribution in [2.45, 2.75) is 12.8 Å². The molecule has 156 valence electrons. The third-order valence-corrected chi connectivity index (χ3v) is 4.85. The molecule has 9 heteroatoms. The van der Waals surface area contributed by atoms with E-state index < -0.39 is 0 Å². The smallest absolute Gasteiger partial charge is 0.244 e. The van der Waals surface area contributed by atoms with E-state index in [0.717, 1.165) is 12.8 Å². The fraction of sp³-hybridized carbons (Fsp3) is 0.333. The average molecular weight is 408 g/mol. The fourth-order valence-corrected chi connectivity index (χ4v) is 3.01. The Balaban J connectivity index is 1.52. The maximum atomic E-state index is 12.2. The Morgan fingerprint density at radius 2 is 1.40 bits per heavy atom. The Labute approximate surface area is 174 Å². The number of carbonyl (C=O) groups excluding carboxylic acids is 2. The molecule has 3 heterocycles. The van der Waals surface area contributed by atoms with Crippen molar-refractivity contribution in [1.29, 1.82) is 0 Å². The molecule has 1 aliphatic heterocycles. The summed E-state index contributed by atoms with van der Waals surface area (Å²) in [5, 5.41) is 5.87. The van der Waals surface area contributed by atoms with E-state index in [0.29, 0.717) is 37.7 Å². The number of hydrogen-bond acceptors (Lipinski definition) is 7. The van der Waals surface area contributed by atoms with Gasteiger partial charge in [0, 0.05) is 56.3 Å². The van der Waals surface area contributed by atoms with Crippen LogP contribution in [0.2, 0.25) is 0 Å². The number of ether oxygens (including phenoxy) is 1. The summed E-state index contributed by atoms with van der Waals surface area (Å²) in [7, 11) is 0. The zero-order valence-corrected chi connectivity index (χ0v) is 16.5. The number of hydrogen-bond donors (Lipinski definition) is 2. The lowest BCUT2D eigenvalue weighted by atomic mass is 9.80. The second-order valence-corrected chi connectivity index (χ2v) is 6.98. The standard InChI is InChI=1S/C21H24N6O3/c28-19(3-1-17-5-9-22-15-26-17)24-13-21(7-11-30-12-8-21)14-25-20(29)4-2-18-6-10-23-16-27-18/h1-6,9-10,15-16H,7-8,11-14H2,(H,24,28)(H,25,29)/b3-1+,4-2+. The number of aromatic nitrogens is 4. The maximum absolute atomic E-state index is 12.2. The minimum Gasteiger partial charge on any atom is -0.381 e. The molecule has 0 atom stereocenters. The predicted octanol–water partition coefficient (Wildman–Crippen LogP) is 1.02. The Hall–Kier alpha value is -3.46. The highest BCUT2D eigenvalue weighted by Crippen LogP contribution is 2.29. The Bertz CT molecular complexity index is 813. The highest BCUT2D eigenvalue weighted by Gasteiger charge is 2.33. The van der Waals surface area contributed by atoms with Gasteiger partial charge in [0.2, 0.25) is 11.8 Å². The van der Waals surface area contributed by atoms with E-state index in [-0.39, 0.29) is 17.2 Å². The molecule has 1 saturated heterocycles. The fourth-order valence-electron chi connectivity index (χ4n) is 3.01. The summed E-state index contributed by atoms with van der Waals surface area (Å²) in [6.07, 6.45) is 13.7. The molecule has 3 rings (SSSR count). The van der Waals surface area contributed by atoms with Gasteiger partial charge in [-0.25, -0.2) is 19.9 Å². The summed E-state index contributed by atoms with van der Waals surface area (Å²) in [5.41, 5.74) is 1.06. The van der Waals surface area contributed by atoms with Gasteiger partial charge in [0.05, 0.1) is 11.4 Å². The Morgan fingerprint density at radius 1 is 0.900 bits per heavy atom. The van der Waals surface area contributed by atoms with Crippen molar-refractivity contribution in [3.05, 3.63) is 60.7 Å². The second kappa shape index (κ2) is 10.9. The van der Waals surface area contributed by atoms with Crippen molar-refractivity contribution >= 4 is 24.0 Å². The SMILES string of the molecule is O=C(/C=C/c1ccncn1)NCC1(CNC(=O)/C=C/c2ccncn2)CCOCC1. The summed E-state index contributed by atoms with van der Waals surface area (Å²) in [6, 6.07) is 3.43. The molecule has 30 heavy (non-hydrogen) atoms. The molecule has 0 aromatic carbocycles. The van der Waals surface area contributed by atoms with E-state index in [4.69, 9.17) is 4.74 Å². The zero-order valence-electron chi connectivity index (χ0n) is 16.5. The zero-order chi connectivity index (χ0) is 21.1. The van der Waals surface area contributed by atoms with Gasteiger partial charge in [-0.15, -0.1) is 0 Å². The van der Waals surface area contributed by atoms with Crippen molar-refractivity contribution in [2.24, 2.45) is 5.41 Å². The Morgan fingerprint density at radius 3 is 1.83 bits per heavy atom. The maximum Gasteiger partial charge on any atom is 0.244 e. The number of nitrogens with one attached hydrogen (secondary N) is 2. The first-order valence-corrected chi connectivity index (χ1v) is 9.67. The van der Waals surface area contributed by atoms with E-state index >= 15 is 0 Å². The molecule has 0 bridgehead atoms. The average Bonchev–Trinajstić information content (AvgIpc) is 2.81. The Kier molecular flexibility index (Phi) is 7.73. The minimum absolute atomic E-state index is 0.213. The highest BCUT2D eigenvalue weighted by molar-refractivity contribution is 5.92. The van der Waals surface area contributed by atoms with Gasteiger partial charge >= 0.3 is 0 Å². The third kappa shape index (κ3) is 6.85. The van der Waals surface area contributed by atoms with Crippen LogP contribution in [-0.4, -0.2) is 58.1 Å². The van der Waals surface area contributed by atoms with Crippen LogP contribution >= 0.6 is 0 Å². The second-order valence-electron chi connectivity index (χ2n) is 6.98. The van der Waals surface area contributed by atoms with Crippen LogP contribution in [0, 0.1) is 5.41 Å². The van der Waals surface area contributed by atoms with Crippen LogP contribution in [0.25, 0.3) is 12.2 Å². The monoisotopic (exact) mass is 408 g/mol. The van der Waals surface area contributed by atoms with E-state index in [2.05, 4.69) is 30.6 Å². The molecule has 0 radical (unpaired) electrons. The van der Waals surface area contributed by atoms with E-state index in [1.54, 1.807) is 36.7 Å². The van der Waals surface area contributed by atoms with Crippen molar-refractivity contribution in [3.8, 4) is 0 Å². The van der Waals surface area contributed by atoms with Gasteiger partial charge < -0.3 is 15.4 Å². The molecule has 0 aliphatic carbocycles. The molecule has 2 amide bonds. The van der Waals surface area contributed by atoms with Crippen LogP contribution in [0.3, 0.4) is 0 Å². The van der Waals surface area contributed by atoms with Gasteiger partial charge in [-0.05, 0) is 37.1 Å². The van der Waals surface area contributed by atoms with Crippen LogP contribution in [0.4, 0.5) is 0 Å². The number of amides is 2. The topological polar surface area (TPSA) is 119 Å². The number of nitrogens with zero attached hydrogens (tertiary/aromatic N) is 4. The first kappa shape index (κ1) is 21.3. The van der Waals surface area contributed by atoms with Gasteiger partial charge in [0.1, 0.15) is 12.7 Å². The number of carbonyl (C=O) groups is 2. The molecular formula is C21H24N6O3. The third-order valence-electron chi connectivity index (χ3n) is 4.85. The van der Waals surface area contributed by atoms with Crippen molar-refractivity contribution in [2.75, 3.05) is 26.3 Å². The minimum atomic E-state index is -0.255. The summed E-state index contributed by atoms with van der Waals surface area (Å²) >= 11 is 0. The van der Waals surface area contributed by atoms with Gasteiger partial charge in [-0.1, -0.05) is 0 Å². The summed E-state index contributed by atoms with van der Waals surface area (Å²) in [6.45, 7) is 2.08. The molecule has 0 saturated carbocycles. The van der Waals surface area contributed by atoms with Gasteiger partial charge in [0.15, 0.2) is 0 Å². The van der Waals surface area contributed by atoms with Crippen LogP contribution in [0.15, 0.2) is 49.3 Å². The molecular weight excluding hydrogens is 384 g/mol. The molecule has 0 unspecified atom stereocenters. The summed E-state index contributed by atoms with van der Waals surface area (Å²) < 4.78 is 5.47. The van der Waals surface area contributed by atoms with Gasteiger partial charge in [-0.2, -0.15) is 0 Å². The predicted molar refractivity (Wildman–Crippen MR) is 111 cm³/mol. The molecule has 0 spiro atoms. The van der Waals surface area contributed by atoms with Crippen molar-refractivity contribution < 1.29 is 14.3 Å².